The summed E-state index contributed by atoms with van der Waals surface area (Å²) in [7, 11) is 0. The molecule has 1 aromatic heterocycles. The Kier molecular flexibility index (Phi) is 2.72. The van der Waals surface area contributed by atoms with Gasteiger partial charge >= 0.3 is 0 Å². The average Bonchev–Trinajstić information content (AvgIpc) is 2.91. The van der Waals surface area contributed by atoms with Crippen molar-refractivity contribution in [1.82, 2.24) is 4.37 Å². The van der Waals surface area contributed by atoms with Crippen molar-refractivity contribution in [3.63, 3.8) is 0 Å². The third-order valence-electron chi connectivity index (χ3n) is 2.99. The van der Waals surface area contributed by atoms with Crippen LogP contribution < -0.4 is 10.6 Å². The van der Waals surface area contributed by atoms with Gasteiger partial charge in [0, 0.05) is 13.1 Å². The van der Waals surface area contributed by atoms with Crippen molar-refractivity contribution in [3.8, 4) is 0 Å². The Hall–Kier alpha value is -1.20. The highest BCUT2D eigenvalue weighted by atomic mass is 32.2. The molecule has 1 aliphatic rings. The van der Waals surface area contributed by atoms with Crippen molar-refractivity contribution in [2.45, 2.75) is 18.0 Å². The number of hydrogen-bond acceptors (Lipinski definition) is 5. The predicted molar refractivity (Wildman–Crippen MR) is 74.6 cm³/mol. The highest BCUT2D eigenvalue weighted by molar-refractivity contribution is 7.99. The highest BCUT2D eigenvalue weighted by Crippen LogP contribution is 2.40. The van der Waals surface area contributed by atoms with Crippen LogP contribution in [-0.2, 0) is 13.1 Å². The molecule has 17 heavy (non-hydrogen) atoms. The number of nitrogens with two attached hydrogens (primary N) is 1. The zero-order chi connectivity index (χ0) is 11.8. The van der Waals surface area contributed by atoms with E-state index in [-0.39, 0.29) is 0 Å². The van der Waals surface area contributed by atoms with E-state index in [0.29, 0.717) is 5.82 Å². The quantitative estimate of drug-likeness (QED) is 0.846. The standard InChI is InChI=1S/C12H13N3S2/c1-16-10-11(13)14-17-12(10)15-6-8-4-2-3-5-9(8)7-15/h2-5H,6-7H2,1H3,(H2,13,14). The lowest BCUT2D eigenvalue weighted by Gasteiger charge is -2.16. The lowest BCUT2D eigenvalue weighted by molar-refractivity contribution is 0.882. The molecule has 0 unspecified atom stereocenters. The number of nitrogens with zero attached hydrogens (tertiary/aromatic N) is 2. The normalized spacial score (nSPS) is 14.1. The number of fused-ring (bicyclic) bond motifs is 1. The Morgan fingerprint density at radius 2 is 1.94 bits per heavy atom. The molecule has 0 aliphatic carbocycles. The van der Waals surface area contributed by atoms with Crippen molar-refractivity contribution in [2.75, 3.05) is 16.9 Å². The molecule has 1 aliphatic heterocycles. The largest absolute Gasteiger partial charge is 0.382 e. The third-order valence-corrected chi connectivity index (χ3v) is 4.85. The van der Waals surface area contributed by atoms with Gasteiger partial charge in [0.05, 0.1) is 4.90 Å². The van der Waals surface area contributed by atoms with Crippen LogP contribution in [0.25, 0.3) is 0 Å². The number of anilines is 2. The molecule has 0 saturated carbocycles. The monoisotopic (exact) mass is 263 g/mol. The summed E-state index contributed by atoms with van der Waals surface area (Å²) in [6.07, 6.45) is 2.05. The minimum absolute atomic E-state index is 0.661. The maximum absolute atomic E-state index is 5.88. The Labute approximate surface area is 109 Å². The predicted octanol–water partition coefficient (Wildman–Crippen LogP) is 2.97. The summed E-state index contributed by atoms with van der Waals surface area (Å²) in [4.78, 5) is 3.47. The molecule has 0 radical (unpaired) electrons. The second kappa shape index (κ2) is 4.23. The van der Waals surface area contributed by atoms with Gasteiger partial charge in [-0.3, -0.25) is 0 Å². The van der Waals surface area contributed by atoms with Gasteiger partial charge in [0.15, 0.2) is 5.82 Å². The number of hydrogen-bond donors (Lipinski definition) is 1. The van der Waals surface area contributed by atoms with Crippen molar-refractivity contribution >= 4 is 34.1 Å². The van der Waals surface area contributed by atoms with E-state index in [1.54, 1.807) is 11.8 Å². The number of nitrogen functional groups attached to an aromatic ring is 1. The Bertz CT molecular complexity index is 525. The zero-order valence-electron chi connectivity index (χ0n) is 9.51. The maximum atomic E-state index is 5.88. The number of benzene rings is 1. The van der Waals surface area contributed by atoms with Crippen LogP contribution >= 0.6 is 23.3 Å². The summed E-state index contributed by atoms with van der Waals surface area (Å²) in [5.74, 6) is 0.661. The highest BCUT2D eigenvalue weighted by Gasteiger charge is 2.23. The van der Waals surface area contributed by atoms with Gasteiger partial charge in [0.2, 0.25) is 0 Å². The molecule has 88 valence electrons. The molecule has 0 saturated heterocycles. The third kappa shape index (κ3) is 1.79. The van der Waals surface area contributed by atoms with E-state index < -0.39 is 0 Å². The van der Waals surface area contributed by atoms with E-state index in [0.717, 1.165) is 18.0 Å². The smallest absolute Gasteiger partial charge is 0.153 e. The van der Waals surface area contributed by atoms with Crippen LogP contribution in [-0.4, -0.2) is 10.6 Å². The lowest BCUT2D eigenvalue weighted by atomic mass is 10.1. The van der Waals surface area contributed by atoms with Crippen molar-refractivity contribution in [3.05, 3.63) is 35.4 Å². The number of thioether (sulfide) groups is 1. The van der Waals surface area contributed by atoms with E-state index in [9.17, 15) is 0 Å². The first kappa shape index (κ1) is 10.9. The SMILES string of the molecule is CSc1c(N)nsc1N1Cc2ccccc2C1. The van der Waals surface area contributed by atoms with Gasteiger partial charge in [-0.15, -0.1) is 11.8 Å². The van der Waals surface area contributed by atoms with Crippen LogP contribution in [0.4, 0.5) is 10.8 Å². The average molecular weight is 263 g/mol. The molecule has 0 amide bonds. The van der Waals surface area contributed by atoms with E-state index in [4.69, 9.17) is 5.73 Å². The van der Waals surface area contributed by atoms with Crippen molar-refractivity contribution in [1.29, 1.82) is 0 Å². The summed E-state index contributed by atoms with van der Waals surface area (Å²) in [6.45, 7) is 1.93. The fourth-order valence-electron chi connectivity index (χ4n) is 2.15. The van der Waals surface area contributed by atoms with Crippen LogP contribution in [0.3, 0.4) is 0 Å². The van der Waals surface area contributed by atoms with E-state index >= 15 is 0 Å². The van der Waals surface area contributed by atoms with E-state index in [1.165, 1.54) is 27.7 Å². The van der Waals surface area contributed by atoms with Gasteiger partial charge in [-0.25, -0.2) is 0 Å². The Balaban J connectivity index is 1.94. The van der Waals surface area contributed by atoms with Gasteiger partial charge in [-0.2, -0.15) is 4.37 Å². The minimum Gasteiger partial charge on any atom is -0.382 e. The maximum Gasteiger partial charge on any atom is 0.153 e. The summed E-state index contributed by atoms with van der Waals surface area (Å²) in [6, 6.07) is 8.58. The molecular formula is C12H13N3S2. The Morgan fingerprint density at radius 1 is 1.29 bits per heavy atom. The topological polar surface area (TPSA) is 42.1 Å². The van der Waals surface area contributed by atoms with Gasteiger partial charge in [0.1, 0.15) is 5.00 Å². The fraction of sp³-hybridized carbons (Fsp3) is 0.250. The molecule has 0 atom stereocenters. The first-order valence-corrected chi connectivity index (χ1v) is 7.40. The molecular weight excluding hydrogens is 250 g/mol. The van der Waals surface area contributed by atoms with Crippen LogP contribution in [0.5, 0.6) is 0 Å². The van der Waals surface area contributed by atoms with Gasteiger partial charge in [-0.05, 0) is 28.9 Å². The number of aromatic nitrogens is 1. The first-order chi connectivity index (χ1) is 8.29. The number of rotatable bonds is 2. The fourth-order valence-corrected chi connectivity index (χ4v) is 3.84. The molecule has 1 aromatic carbocycles. The zero-order valence-corrected chi connectivity index (χ0v) is 11.1. The van der Waals surface area contributed by atoms with Crippen LogP contribution in [0.15, 0.2) is 29.2 Å². The molecule has 3 rings (SSSR count). The summed E-state index contributed by atoms with van der Waals surface area (Å²) in [5, 5.41) is 1.20. The molecule has 0 fully saturated rings. The second-order valence-electron chi connectivity index (χ2n) is 4.03. The van der Waals surface area contributed by atoms with Crippen LogP contribution in [0, 0.1) is 0 Å². The molecule has 2 aromatic rings. The minimum atomic E-state index is 0.661. The van der Waals surface area contributed by atoms with Crippen molar-refractivity contribution in [2.24, 2.45) is 0 Å². The Morgan fingerprint density at radius 3 is 2.53 bits per heavy atom. The van der Waals surface area contributed by atoms with Gasteiger partial charge < -0.3 is 10.6 Å². The molecule has 5 heteroatoms. The lowest BCUT2D eigenvalue weighted by Crippen LogP contribution is -2.13. The van der Waals surface area contributed by atoms with Gasteiger partial charge in [-0.1, -0.05) is 24.3 Å². The van der Waals surface area contributed by atoms with E-state index in [2.05, 4.69) is 33.5 Å². The molecule has 3 nitrogen and oxygen atoms in total. The molecule has 0 bridgehead atoms. The second-order valence-corrected chi connectivity index (χ2v) is 5.60. The molecule has 2 N–H and O–H groups in total. The van der Waals surface area contributed by atoms with Gasteiger partial charge in [0.25, 0.3) is 0 Å². The molecule has 2 heterocycles. The van der Waals surface area contributed by atoms with Crippen molar-refractivity contribution < 1.29 is 0 Å². The van der Waals surface area contributed by atoms with Crippen LogP contribution in [0.1, 0.15) is 11.1 Å². The summed E-state index contributed by atoms with van der Waals surface area (Å²) in [5.41, 5.74) is 8.69. The van der Waals surface area contributed by atoms with Crippen LogP contribution in [0.2, 0.25) is 0 Å². The molecule has 0 spiro atoms. The summed E-state index contributed by atoms with van der Waals surface area (Å²) >= 11 is 3.17. The summed E-state index contributed by atoms with van der Waals surface area (Å²) < 4.78 is 4.25. The first-order valence-electron chi connectivity index (χ1n) is 5.40. The van der Waals surface area contributed by atoms with E-state index in [1.807, 2.05) is 6.26 Å².